The van der Waals surface area contributed by atoms with Crippen LogP contribution in [0.15, 0.2) is 40.9 Å². The van der Waals surface area contributed by atoms with Gasteiger partial charge in [0, 0.05) is 6.07 Å². The van der Waals surface area contributed by atoms with E-state index in [1.165, 1.54) is 6.07 Å². The van der Waals surface area contributed by atoms with Gasteiger partial charge in [-0.2, -0.15) is 0 Å². The molecule has 0 amide bonds. The molecule has 0 fully saturated rings. The zero-order valence-electron chi connectivity index (χ0n) is 10.9. The molecule has 5 nitrogen and oxygen atoms in total. The smallest absolute Gasteiger partial charge is 0.314 e. The standard InChI is InChI=1S/C14H12BrFN2O3/c15-11-7-14(13(18(19)20)8-12(11)16)21-10-3-1-9(2-4-10)5-6-17/h1-4,7-8H,5-6,17H2. The fraction of sp³-hybridized carbons (Fsp3) is 0.143. The Bertz CT molecular complexity index is 662. The minimum Gasteiger partial charge on any atom is -0.450 e. The molecular formula is C14H12BrFN2O3. The minimum absolute atomic E-state index is 0.0279. The van der Waals surface area contributed by atoms with Crippen LogP contribution in [0.4, 0.5) is 10.1 Å². The summed E-state index contributed by atoms with van der Waals surface area (Å²) >= 11 is 2.98. The zero-order valence-corrected chi connectivity index (χ0v) is 12.5. The van der Waals surface area contributed by atoms with Gasteiger partial charge in [-0.1, -0.05) is 12.1 Å². The highest BCUT2D eigenvalue weighted by molar-refractivity contribution is 9.10. The van der Waals surface area contributed by atoms with E-state index >= 15 is 0 Å². The van der Waals surface area contributed by atoms with E-state index in [-0.39, 0.29) is 10.2 Å². The van der Waals surface area contributed by atoms with Gasteiger partial charge in [-0.25, -0.2) is 4.39 Å². The van der Waals surface area contributed by atoms with Gasteiger partial charge in [-0.3, -0.25) is 10.1 Å². The van der Waals surface area contributed by atoms with Crippen LogP contribution in [0.25, 0.3) is 0 Å². The van der Waals surface area contributed by atoms with Gasteiger partial charge in [0.25, 0.3) is 0 Å². The number of nitro benzene ring substituents is 1. The van der Waals surface area contributed by atoms with Crippen molar-refractivity contribution in [3.05, 3.63) is 62.4 Å². The average molecular weight is 355 g/mol. The Kier molecular flexibility index (Phi) is 4.87. The molecule has 0 aliphatic heterocycles. The monoisotopic (exact) mass is 354 g/mol. The molecular weight excluding hydrogens is 343 g/mol. The Hall–Kier alpha value is -1.99. The van der Waals surface area contributed by atoms with E-state index in [0.29, 0.717) is 12.3 Å². The second kappa shape index (κ2) is 6.64. The molecule has 0 aromatic heterocycles. The molecule has 2 aromatic carbocycles. The van der Waals surface area contributed by atoms with Gasteiger partial charge in [0.2, 0.25) is 5.75 Å². The Morgan fingerprint density at radius 3 is 2.52 bits per heavy atom. The number of nitrogens with zero attached hydrogens (tertiary/aromatic N) is 1. The molecule has 7 heteroatoms. The average Bonchev–Trinajstić information content (AvgIpc) is 2.44. The summed E-state index contributed by atoms with van der Waals surface area (Å²) < 4.78 is 18.9. The van der Waals surface area contributed by atoms with Crippen LogP contribution in [0.1, 0.15) is 5.56 Å². The Balaban J connectivity index is 2.30. The molecule has 0 heterocycles. The topological polar surface area (TPSA) is 78.4 Å². The predicted octanol–water partition coefficient (Wildman–Crippen LogP) is 3.79. The second-order valence-electron chi connectivity index (χ2n) is 4.28. The van der Waals surface area contributed by atoms with Crippen LogP contribution in [0.2, 0.25) is 0 Å². The number of nitro groups is 1. The normalized spacial score (nSPS) is 10.4. The molecule has 0 aliphatic carbocycles. The molecule has 2 N–H and O–H groups in total. The largest absolute Gasteiger partial charge is 0.450 e. The van der Waals surface area contributed by atoms with Crippen LogP contribution in [-0.4, -0.2) is 11.5 Å². The van der Waals surface area contributed by atoms with E-state index in [0.717, 1.165) is 18.1 Å². The van der Waals surface area contributed by atoms with Crippen molar-refractivity contribution in [1.82, 2.24) is 0 Å². The number of hydrogen-bond donors (Lipinski definition) is 1. The van der Waals surface area contributed by atoms with Crippen LogP contribution in [0.5, 0.6) is 11.5 Å². The summed E-state index contributed by atoms with van der Waals surface area (Å²) in [6.07, 6.45) is 0.739. The van der Waals surface area contributed by atoms with Crippen LogP contribution in [0, 0.1) is 15.9 Å². The molecule has 0 saturated carbocycles. The number of rotatable bonds is 5. The number of ether oxygens (including phenoxy) is 1. The van der Waals surface area contributed by atoms with Crippen molar-refractivity contribution in [2.75, 3.05) is 6.54 Å². The van der Waals surface area contributed by atoms with E-state index in [1.54, 1.807) is 12.1 Å². The highest BCUT2D eigenvalue weighted by atomic mass is 79.9. The van der Waals surface area contributed by atoms with E-state index in [2.05, 4.69) is 15.9 Å². The molecule has 2 rings (SSSR count). The summed E-state index contributed by atoms with van der Waals surface area (Å²) in [6, 6.07) is 9.08. The van der Waals surface area contributed by atoms with Gasteiger partial charge in [-0.05, 0) is 46.6 Å². The first kappa shape index (κ1) is 15.4. The summed E-state index contributed by atoms with van der Waals surface area (Å²) in [5, 5.41) is 10.9. The molecule has 0 aliphatic rings. The van der Waals surface area contributed by atoms with Crippen molar-refractivity contribution in [3.8, 4) is 11.5 Å². The zero-order chi connectivity index (χ0) is 15.4. The lowest BCUT2D eigenvalue weighted by atomic mass is 10.1. The van der Waals surface area contributed by atoms with Crippen molar-refractivity contribution in [1.29, 1.82) is 0 Å². The molecule has 0 radical (unpaired) electrons. The lowest BCUT2D eigenvalue weighted by Gasteiger charge is -2.08. The van der Waals surface area contributed by atoms with Gasteiger partial charge in [0.1, 0.15) is 11.6 Å². The molecule has 2 aromatic rings. The highest BCUT2D eigenvalue weighted by Gasteiger charge is 2.19. The molecule has 0 atom stereocenters. The minimum atomic E-state index is -0.715. The summed E-state index contributed by atoms with van der Waals surface area (Å²) in [4.78, 5) is 10.3. The third kappa shape index (κ3) is 3.77. The Morgan fingerprint density at radius 1 is 1.29 bits per heavy atom. The molecule has 110 valence electrons. The summed E-state index contributed by atoms with van der Waals surface area (Å²) in [5.41, 5.74) is 6.07. The van der Waals surface area contributed by atoms with Gasteiger partial charge >= 0.3 is 5.69 Å². The lowest BCUT2D eigenvalue weighted by Crippen LogP contribution is -2.02. The van der Waals surface area contributed by atoms with Crippen molar-refractivity contribution >= 4 is 21.6 Å². The second-order valence-corrected chi connectivity index (χ2v) is 5.13. The molecule has 0 bridgehead atoms. The Labute approximate surface area is 128 Å². The van der Waals surface area contributed by atoms with Gasteiger partial charge in [-0.15, -0.1) is 0 Å². The summed E-state index contributed by atoms with van der Waals surface area (Å²) in [7, 11) is 0. The van der Waals surface area contributed by atoms with Crippen molar-refractivity contribution < 1.29 is 14.1 Å². The third-order valence-electron chi connectivity index (χ3n) is 2.78. The van der Waals surface area contributed by atoms with E-state index in [1.807, 2.05) is 12.1 Å². The highest BCUT2D eigenvalue weighted by Crippen LogP contribution is 2.35. The number of halogens is 2. The molecule has 21 heavy (non-hydrogen) atoms. The van der Waals surface area contributed by atoms with Gasteiger partial charge in [0.15, 0.2) is 0 Å². The maximum atomic E-state index is 13.4. The molecule has 0 spiro atoms. The summed E-state index contributed by atoms with van der Waals surface area (Å²) in [6.45, 7) is 0.538. The van der Waals surface area contributed by atoms with E-state index in [4.69, 9.17) is 10.5 Å². The van der Waals surface area contributed by atoms with Gasteiger partial charge < -0.3 is 10.5 Å². The quantitative estimate of drug-likeness (QED) is 0.654. The molecule has 0 unspecified atom stereocenters. The predicted molar refractivity (Wildman–Crippen MR) is 80.0 cm³/mol. The number of nitrogens with two attached hydrogens (primary N) is 1. The van der Waals surface area contributed by atoms with Crippen LogP contribution < -0.4 is 10.5 Å². The first-order valence-corrected chi connectivity index (χ1v) is 6.91. The van der Waals surface area contributed by atoms with Crippen molar-refractivity contribution in [3.63, 3.8) is 0 Å². The fourth-order valence-corrected chi connectivity index (χ4v) is 2.08. The molecule has 0 saturated heterocycles. The maximum Gasteiger partial charge on any atom is 0.314 e. The van der Waals surface area contributed by atoms with E-state index < -0.39 is 16.4 Å². The maximum absolute atomic E-state index is 13.4. The van der Waals surface area contributed by atoms with Crippen LogP contribution in [0.3, 0.4) is 0 Å². The summed E-state index contributed by atoms with van der Waals surface area (Å²) in [5.74, 6) is -0.315. The van der Waals surface area contributed by atoms with Crippen molar-refractivity contribution in [2.45, 2.75) is 6.42 Å². The first-order valence-electron chi connectivity index (χ1n) is 6.11. The lowest BCUT2D eigenvalue weighted by molar-refractivity contribution is -0.385. The van der Waals surface area contributed by atoms with Crippen LogP contribution in [-0.2, 0) is 6.42 Å². The first-order chi connectivity index (χ1) is 10.0. The van der Waals surface area contributed by atoms with Crippen LogP contribution >= 0.6 is 15.9 Å². The fourth-order valence-electron chi connectivity index (χ4n) is 1.76. The van der Waals surface area contributed by atoms with E-state index in [9.17, 15) is 14.5 Å². The van der Waals surface area contributed by atoms with Gasteiger partial charge in [0.05, 0.1) is 15.5 Å². The SMILES string of the molecule is NCCc1ccc(Oc2cc(Br)c(F)cc2[N+](=O)[O-])cc1. The van der Waals surface area contributed by atoms with Crippen molar-refractivity contribution in [2.24, 2.45) is 5.73 Å². The third-order valence-corrected chi connectivity index (χ3v) is 3.39. The Morgan fingerprint density at radius 2 is 1.95 bits per heavy atom. The number of hydrogen-bond acceptors (Lipinski definition) is 4. The number of benzene rings is 2.